The number of esters is 1. The van der Waals surface area contributed by atoms with Crippen molar-refractivity contribution in [3.8, 4) is 0 Å². The second kappa shape index (κ2) is 28.1. The molecule has 1 amide bonds. The third kappa shape index (κ3) is 28.4. The molecule has 0 heterocycles. The van der Waals surface area contributed by atoms with Crippen molar-refractivity contribution in [2.24, 2.45) is 0 Å². The van der Waals surface area contributed by atoms with Crippen LogP contribution in [0.5, 0.6) is 0 Å². The predicted molar refractivity (Wildman–Crippen MR) is 162 cm³/mol. The highest BCUT2D eigenvalue weighted by atomic mass is 16.6. The first-order valence-electron chi connectivity index (χ1n) is 15.1. The van der Waals surface area contributed by atoms with Crippen molar-refractivity contribution in [1.29, 1.82) is 0 Å². The number of amides is 1. The van der Waals surface area contributed by atoms with E-state index in [4.69, 9.17) is 47.4 Å². The maximum Gasteiger partial charge on any atom is 0.407 e. The van der Waals surface area contributed by atoms with Gasteiger partial charge in [-0.25, -0.2) is 4.79 Å². The Labute approximate surface area is 262 Å². The summed E-state index contributed by atoms with van der Waals surface area (Å²) in [6, 6.07) is 9.49. The maximum atomic E-state index is 11.6. The summed E-state index contributed by atoms with van der Waals surface area (Å²) < 4.78 is 53.7. The summed E-state index contributed by atoms with van der Waals surface area (Å²) in [5.41, 5.74) is 0.459. The standard InChI is InChI=1S/C31H53NO12/c1-31(2,3)44-29(33)9-11-35-13-15-37-17-19-39-21-23-41-25-26-42-24-22-40-20-18-38-16-14-36-12-10-32-30(34)43-27-28-7-5-4-6-8-28/h4-8H,9-27H2,1-3H3,(H,32,34). The molecule has 0 aliphatic carbocycles. The highest BCUT2D eigenvalue weighted by Gasteiger charge is 2.15. The molecule has 1 N–H and O–H groups in total. The third-order valence-electron chi connectivity index (χ3n) is 5.20. The summed E-state index contributed by atoms with van der Waals surface area (Å²) in [5.74, 6) is -0.268. The van der Waals surface area contributed by atoms with Gasteiger partial charge in [0.25, 0.3) is 0 Å². The fraction of sp³-hybridized carbons (Fsp3) is 0.742. The SMILES string of the molecule is CC(C)(C)OC(=O)CCOCCOCCOCCOCCOCCOCCOCCOCCNC(=O)OCc1ccccc1. The first-order valence-corrected chi connectivity index (χ1v) is 15.1. The van der Waals surface area contributed by atoms with Crippen molar-refractivity contribution < 1.29 is 57.0 Å². The molecule has 13 heteroatoms. The van der Waals surface area contributed by atoms with Crippen LogP contribution in [-0.4, -0.2) is 130 Å². The number of benzene rings is 1. The van der Waals surface area contributed by atoms with E-state index in [9.17, 15) is 9.59 Å². The molecule has 0 aliphatic heterocycles. The molecule has 0 radical (unpaired) electrons. The van der Waals surface area contributed by atoms with Crippen LogP contribution in [0, 0.1) is 0 Å². The summed E-state index contributed by atoms with van der Waals surface area (Å²) >= 11 is 0. The molecule has 0 unspecified atom stereocenters. The number of alkyl carbamates (subject to hydrolysis) is 1. The lowest BCUT2D eigenvalue weighted by Crippen LogP contribution is -2.28. The molecule has 1 rings (SSSR count). The Morgan fingerprint density at radius 1 is 0.568 bits per heavy atom. The van der Waals surface area contributed by atoms with E-state index in [2.05, 4.69) is 5.32 Å². The minimum atomic E-state index is -0.476. The van der Waals surface area contributed by atoms with Crippen LogP contribution in [-0.2, 0) is 58.8 Å². The van der Waals surface area contributed by atoms with Gasteiger partial charge in [-0.1, -0.05) is 30.3 Å². The Morgan fingerprint density at radius 2 is 0.955 bits per heavy atom. The molecule has 0 saturated carbocycles. The lowest BCUT2D eigenvalue weighted by atomic mass is 10.2. The van der Waals surface area contributed by atoms with Gasteiger partial charge in [0.1, 0.15) is 12.2 Å². The molecule has 44 heavy (non-hydrogen) atoms. The molecular formula is C31H53NO12. The van der Waals surface area contributed by atoms with Crippen molar-refractivity contribution in [3.63, 3.8) is 0 Å². The van der Waals surface area contributed by atoms with Crippen LogP contribution in [0.15, 0.2) is 30.3 Å². The van der Waals surface area contributed by atoms with E-state index >= 15 is 0 Å². The highest BCUT2D eigenvalue weighted by Crippen LogP contribution is 2.08. The number of ether oxygens (including phenoxy) is 10. The zero-order chi connectivity index (χ0) is 32.0. The topological polar surface area (TPSA) is 138 Å². The molecule has 0 saturated heterocycles. The second-order valence-corrected chi connectivity index (χ2v) is 10.2. The van der Waals surface area contributed by atoms with Gasteiger partial charge in [0.15, 0.2) is 0 Å². The Bertz CT molecular complexity index is 807. The second-order valence-electron chi connectivity index (χ2n) is 10.2. The van der Waals surface area contributed by atoms with Crippen molar-refractivity contribution in [2.45, 2.75) is 39.4 Å². The third-order valence-corrected chi connectivity index (χ3v) is 5.20. The number of nitrogens with one attached hydrogen (secondary N) is 1. The van der Waals surface area contributed by atoms with E-state index in [1.807, 2.05) is 51.1 Å². The molecule has 1 aromatic carbocycles. The first kappa shape index (κ1) is 39.7. The van der Waals surface area contributed by atoms with E-state index in [1.165, 1.54) is 0 Å². The van der Waals surface area contributed by atoms with Gasteiger partial charge in [-0.05, 0) is 26.3 Å². The van der Waals surface area contributed by atoms with Crippen LogP contribution in [0.3, 0.4) is 0 Å². The van der Waals surface area contributed by atoms with Crippen LogP contribution in [0.2, 0.25) is 0 Å². The van der Waals surface area contributed by atoms with Gasteiger partial charge in [-0.2, -0.15) is 0 Å². The molecule has 0 fully saturated rings. The summed E-state index contributed by atoms with van der Waals surface area (Å²) in [5, 5.41) is 2.64. The predicted octanol–water partition coefficient (Wildman–Crippen LogP) is 2.78. The van der Waals surface area contributed by atoms with Gasteiger partial charge in [-0.15, -0.1) is 0 Å². The molecule has 0 atom stereocenters. The summed E-state index contributed by atoms with van der Waals surface area (Å²) in [7, 11) is 0. The van der Waals surface area contributed by atoms with E-state index in [0.29, 0.717) is 112 Å². The van der Waals surface area contributed by atoms with Crippen molar-refractivity contribution in [2.75, 3.05) is 112 Å². The molecule has 0 aromatic heterocycles. The normalized spacial score (nSPS) is 11.4. The zero-order valence-corrected chi connectivity index (χ0v) is 26.7. The number of carbonyl (C=O) groups excluding carboxylic acids is 2. The lowest BCUT2D eigenvalue weighted by molar-refractivity contribution is -0.156. The van der Waals surface area contributed by atoms with Gasteiger partial charge in [-0.3, -0.25) is 4.79 Å². The fourth-order valence-electron chi connectivity index (χ4n) is 3.19. The van der Waals surface area contributed by atoms with E-state index in [1.54, 1.807) is 0 Å². The first-order chi connectivity index (χ1) is 21.4. The number of hydrogen-bond acceptors (Lipinski definition) is 12. The van der Waals surface area contributed by atoms with Crippen molar-refractivity contribution >= 4 is 12.1 Å². The number of carbonyl (C=O) groups is 2. The van der Waals surface area contributed by atoms with Gasteiger partial charge in [0, 0.05) is 6.54 Å². The van der Waals surface area contributed by atoms with Gasteiger partial charge in [0.05, 0.1) is 112 Å². The van der Waals surface area contributed by atoms with Crippen LogP contribution in [0.25, 0.3) is 0 Å². The van der Waals surface area contributed by atoms with E-state index in [0.717, 1.165) is 5.56 Å². The van der Waals surface area contributed by atoms with Gasteiger partial charge in [0.2, 0.25) is 0 Å². The summed E-state index contributed by atoms with van der Waals surface area (Å²) in [6.07, 6.45) is -0.244. The Balaban J connectivity index is 1.68. The van der Waals surface area contributed by atoms with Crippen molar-refractivity contribution in [1.82, 2.24) is 5.32 Å². The Morgan fingerprint density at radius 3 is 1.36 bits per heavy atom. The molecular weight excluding hydrogens is 578 g/mol. The molecule has 254 valence electrons. The molecule has 0 bridgehead atoms. The zero-order valence-electron chi connectivity index (χ0n) is 26.7. The average Bonchev–Trinajstić information content (AvgIpc) is 2.99. The lowest BCUT2D eigenvalue weighted by Gasteiger charge is -2.19. The maximum absolute atomic E-state index is 11.6. The smallest absolute Gasteiger partial charge is 0.407 e. The quantitative estimate of drug-likeness (QED) is 0.103. The van der Waals surface area contributed by atoms with Crippen LogP contribution in [0.4, 0.5) is 4.79 Å². The minimum absolute atomic E-state index is 0.228. The minimum Gasteiger partial charge on any atom is -0.460 e. The van der Waals surface area contributed by atoms with Gasteiger partial charge < -0.3 is 52.7 Å². The largest absolute Gasteiger partial charge is 0.460 e. The van der Waals surface area contributed by atoms with Crippen molar-refractivity contribution in [3.05, 3.63) is 35.9 Å². The summed E-state index contributed by atoms with van der Waals surface area (Å²) in [6.45, 7) is 13.3. The molecule has 1 aromatic rings. The van der Waals surface area contributed by atoms with Crippen LogP contribution >= 0.6 is 0 Å². The average molecular weight is 632 g/mol. The molecule has 13 nitrogen and oxygen atoms in total. The highest BCUT2D eigenvalue weighted by molar-refractivity contribution is 5.69. The number of rotatable bonds is 29. The van der Waals surface area contributed by atoms with Crippen LogP contribution < -0.4 is 5.32 Å². The molecule has 0 spiro atoms. The summed E-state index contributed by atoms with van der Waals surface area (Å²) in [4.78, 5) is 23.2. The van der Waals surface area contributed by atoms with Crippen LogP contribution in [0.1, 0.15) is 32.8 Å². The van der Waals surface area contributed by atoms with Gasteiger partial charge >= 0.3 is 12.1 Å². The Hall–Kier alpha value is -2.36. The monoisotopic (exact) mass is 631 g/mol. The Kier molecular flexibility index (Phi) is 25.4. The molecule has 0 aliphatic rings. The fourth-order valence-corrected chi connectivity index (χ4v) is 3.19. The van der Waals surface area contributed by atoms with E-state index < -0.39 is 11.7 Å². The number of hydrogen-bond donors (Lipinski definition) is 1. The van der Waals surface area contributed by atoms with E-state index in [-0.39, 0.29) is 19.0 Å².